The molecule has 1 amide bonds. The van der Waals surface area contributed by atoms with Crippen molar-refractivity contribution >= 4 is 5.91 Å². The molecule has 0 bridgehead atoms. The van der Waals surface area contributed by atoms with E-state index in [9.17, 15) is 15.0 Å². The molecule has 0 fully saturated rings. The number of aliphatic hydroxyl groups is 2. The normalized spacial score (nSPS) is 13.6. The molecule has 0 aromatic rings. The number of nitrogens with two attached hydrogens (primary N) is 1. The van der Waals surface area contributed by atoms with Crippen molar-refractivity contribution in [2.24, 2.45) is 5.73 Å². The van der Waals surface area contributed by atoms with Crippen LogP contribution >= 0.6 is 0 Å². The number of primary amides is 1. The van der Waals surface area contributed by atoms with Crippen LogP contribution in [-0.4, -0.2) is 52.9 Å². The van der Waals surface area contributed by atoms with Crippen LogP contribution in [0, 0.1) is 0 Å². The van der Waals surface area contributed by atoms with Crippen LogP contribution in [0.15, 0.2) is 12.2 Å². The first-order valence-corrected chi connectivity index (χ1v) is 15.5. The zero-order valence-corrected chi connectivity index (χ0v) is 24.1. The first-order valence-electron chi connectivity index (χ1n) is 15.5. The largest absolute Gasteiger partial charge is 0.392 e. The highest BCUT2D eigenvalue weighted by Crippen LogP contribution is 2.14. The summed E-state index contributed by atoms with van der Waals surface area (Å²) in [6.07, 6.45) is 27.6. The van der Waals surface area contributed by atoms with Gasteiger partial charge in [0.25, 0.3) is 0 Å². The third kappa shape index (κ3) is 26.2. The number of carbonyl (C=O) groups excluding carboxylic acids is 1. The van der Waals surface area contributed by atoms with Crippen LogP contribution in [0.1, 0.15) is 149 Å². The summed E-state index contributed by atoms with van der Waals surface area (Å²) in [6.45, 7) is 6.28. The van der Waals surface area contributed by atoms with E-state index in [1.165, 1.54) is 83.5 Å². The van der Waals surface area contributed by atoms with Gasteiger partial charge < -0.3 is 15.9 Å². The van der Waals surface area contributed by atoms with Crippen LogP contribution in [0.3, 0.4) is 0 Å². The molecule has 36 heavy (non-hydrogen) atoms. The molecule has 0 aliphatic carbocycles. The van der Waals surface area contributed by atoms with Gasteiger partial charge in [-0.15, -0.1) is 0 Å². The van der Waals surface area contributed by atoms with E-state index in [1.807, 2.05) is 0 Å². The Labute approximate surface area is 224 Å². The molecule has 0 aromatic carbocycles. The van der Waals surface area contributed by atoms with Crippen molar-refractivity contribution in [3.05, 3.63) is 12.2 Å². The van der Waals surface area contributed by atoms with Gasteiger partial charge in [0, 0.05) is 19.5 Å². The summed E-state index contributed by atoms with van der Waals surface area (Å²) in [5.74, 6) is -0.286. The Morgan fingerprint density at radius 3 is 1.64 bits per heavy atom. The molecule has 2 atom stereocenters. The Hall–Kier alpha value is -0.910. The van der Waals surface area contributed by atoms with E-state index in [1.54, 1.807) is 0 Å². The fourth-order valence-corrected chi connectivity index (χ4v) is 4.78. The molecule has 214 valence electrons. The summed E-state index contributed by atoms with van der Waals surface area (Å²) in [4.78, 5) is 13.3. The van der Waals surface area contributed by atoms with Crippen molar-refractivity contribution in [2.45, 2.75) is 161 Å². The van der Waals surface area contributed by atoms with E-state index >= 15 is 0 Å². The number of nitrogens with zero attached hydrogens (tertiary/aromatic N) is 1. The van der Waals surface area contributed by atoms with Crippen LogP contribution in [-0.2, 0) is 4.79 Å². The third-order valence-corrected chi connectivity index (χ3v) is 7.01. The monoisotopic (exact) mass is 510 g/mol. The SMILES string of the molecule is CCC/C=C/CCCCCCC(O)CN(CCCC(N)=O)C[C@H](O)CCCCCCCCCCCC. The summed E-state index contributed by atoms with van der Waals surface area (Å²) in [6, 6.07) is 0. The molecular weight excluding hydrogens is 448 g/mol. The van der Waals surface area contributed by atoms with Gasteiger partial charge in [-0.25, -0.2) is 0 Å². The van der Waals surface area contributed by atoms with Crippen molar-refractivity contribution in [3.8, 4) is 0 Å². The van der Waals surface area contributed by atoms with Crippen molar-refractivity contribution in [3.63, 3.8) is 0 Å². The van der Waals surface area contributed by atoms with Gasteiger partial charge in [0.05, 0.1) is 12.2 Å². The molecule has 0 spiro atoms. The van der Waals surface area contributed by atoms with E-state index in [0.29, 0.717) is 32.5 Å². The average molecular weight is 511 g/mol. The van der Waals surface area contributed by atoms with Crippen molar-refractivity contribution < 1.29 is 15.0 Å². The lowest BCUT2D eigenvalue weighted by Crippen LogP contribution is -2.39. The summed E-state index contributed by atoms with van der Waals surface area (Å²) in [7, 11) is 0. The molecule has 0 saturated heterocycles. The topological polar surface area (TPSA) is 86.8 Å². The van der Waals surface area contributed by atoms with Crippen molar-refractivity contribution in [2.75, 3.05) is 19.6 Å². The zero-order valence-electron chi connectivity index (χ0n) is 24.1. The van der Waals surface area contributed by atoms with Crippen molar-refractivity contribution in [1.29, 1.82) is 0 Å². The van der Waals surface area contributed by atoms with Gasteiger partial charge in [-0.1, -0.05) is 116 Å². The smallest absolute Gasteiger partial charge is 0.217 e. The lowest BCUT2D eigenvalue weighted by molar-refractivity contribution is -0.118. The fourth-order valence-electron chi connectivity index (χ4n) is 4.78. The van der Waals surface area contributed by atoms with Gasteiger partial charge in [-0.3, -0.25) is 9.69 Å². The summed E-state index contributed by atoms with van der Waals surface area (Å²) < 4.78 is 0. The highest BCUT2D eigenvalue weighted by molar-refractivity contribution is 5.73. The van der Waals surface area contributed by atoms with E-state index in [-0.39, 0.29) is 18.1 Å². The van der Waals surface area contributed by atoms with Crippen LogP contribution in [0.2, 0.25) is 0 Å². The van der Waals surface area contributed by atoms with Gasteiger partial charge >= 0.3 is 0 Å². The predicted molar refractivity (Wildman–Crippen MR) is 155 cm³/mol. The molecule has 0 heterocycles. The van der Waals surface area contributed by atoms with E-state index in [0.717, 1.165) is 38.5 Å². The minimum Gasteiger partial charge on any atom is -0.392 e. The second-order valence-corrected chi connectivity index (χ2v) is 10.9. The molecule has 5 nitrogen and oxygen atoms in total. The molecule has 1 unspecified atom stereocenters. The van der Waals surface area contributed by atoms with Crippen LogP contribution in [0.25, 0.3) is 0 Å². The predicted octanol–water partition coefficient (Wildman–Crippen LogP) is 7.28. The van der Waals surface area contributed by atoms with Gasteiger partial charge in [-0.2, -0.15) is 0 Å². The highest BCUT2D eigenvalue weighted by atomic mass is 16.3. The Bertz CT molecular complexity index is 498. The first-order chi connectivity index (χ1) is 17.5. The minimum absolute atomic E-state index is 0.286. The minimum atomic E-state index is -0.382. The lowest BCUT2D eigenvalue weighted by Gasteiger charge is -2.27. The van der Waals surface area contributed by atoms with Gasteiger partial charge in [0.2, 0.25) is 5.91 Å². The molecule has 0 saturated carbocycles. The maximum absolute atomic E-state index is 11.1. The zero-order chi connectivity index (χ0) is 26.7. The highest BCUT2D eigenvalue weighted by Gasteiger charge is 2.16. The second kappa shape index (κ2) is 27.1. The quantitative estimate of drug-likeness (QED) is 0.0762. The van der Waals surface area contributed by atoms with Crippen LogP contribution in [0.4, 0.5) is 0 Å². The number of rotatable bonds is 28. The van der Waals surface area contributed by atoms with E-state index in [2.05, 4.69) is 30.9 Å². The maximum atomic E-state index is 11.1. The maximum Gasteiger partial charge on any atom is 0.217 e. The number of hydrogen-bond acceptors (Lipinski definition) is 4. The average Bonchev–Trinajstić information content (AvgIpc) is 2.83. The number of aliphatic hydroxyl groups excluding tert-OH is 2. The summed E-state index contributed by atoms with van der Waals surface area (Å²) in [5, 5.41) is 21.2. The third-order valence-electron chi connectivity index (χ3n) is 7.01. The van der Waals surface area contributed by atoms with Crippen LogP contribution < -0.4 is 5.73 Å². The number of unbranched alkanes of at least 4 members (excludes halogenated alkanes) is 14. The Balaban J connectivity index is 4.06. The van der Waals surface area contributed by atoms with E-state index < -0.39 is 0 Å². The molecule has 0 aliphatic heterocycles. The Morgan fingerprint density at radius 2 is 1.14 bits per heavy atom. The van der Waals surface area contributed by atoms with Crippen molar-refractivity contribution in [1.82, 2.24) is 4.90 Å². The second-order valence-electron chi connectivity index (χ2n) is 10.9. The van der Waals surface area contributed by atoms with Gasteiger partial charge in [0.15, 0.2) is 0 Å². The Morgan fingerprint density at radius 1 is 0.667 bits per heavy atom. The molecule has 5 heteroatoms. The summed E-state index contributed by atoms with van der Waals surface area (Å²) >= 11 is 0. The number of allylic oxidation sites excluding steroid dienone is 2. The van der Waals surface area contributed by atoms with Gasteiger partial charge in [-0.05, 0) is 45.1 Å². The molecule has 0 aliphatic rings. The summed E-state index contributed by atoms with van der Waals surface area (Å²) in [5.41, 5.74) is 5.31. The molecular formula is C31H62N2O3. The molecule has 4 N–H and O–H groups in total. The standard InChI is InChI=1S/C31H62N2O3/c1-3-5-7-9-11-13-15-17-19-21-24-30(35)28-33(26-22-25-31(32)36)27-29(34)23-20-18-16-14-12-10-8-6-4-2/h8,10,29-30,34-35H,3-7,9,11-28H2,1-2H3,(H2,32,36)/b10-8+/t29?,30-/m1/s1. The number of carbonyl (C=O) groups is 1. The molecule has 0 radical (unpaired) electrons. The Kier molecular flexibility index (Phi) is 26.4. The first kappa shape index (κ1) is 35.1. The molecule has 0 aromatic heterocycles. The lowest BCUT2D eigenvalue weighted by atomic mass is 10.0. The number of hydrogen-bond donors (Lipinski definition) is 3. The van der Waals surface area contributed by atoms with Gasteiger partial charge in [0.1, 0.15) is 0 Å². The van der Waals surface area contributed by atoms with E-state index in [4.69, 9.17) is 5.73 Å². The number of amides is 1. The van der Waals surface area contributed by atoms with Crippen LogP contribution in [0.5, 0.6) is 0 Å². The fraction of sp³-hybridized carbons (Fsp3) is 0.903. The molecule has 0 rings (SSSR count).